The average Bonchev–Trinajstić information content (AvgIpc) is 2.62. The normalized spacial score (nSPS) is 15.4. The number of aldehydes is 2. The van der Waals surface area contributed by atoms with Crippen LogP contribution in [0.4, 0.5) is 0 Å². The number of amides is 2. The van der Waals surface area contributed by atoms with E-state index in [2.05, 4.69) is 34.1 Å². The van der Waals surface area contributed by atoms with Crippen molar-refractivity contribution in [3.8, 4) is 0 Å². The maximum atomic E-state index is 12.3. The molecule has 0 heterocycles. The SMILES string of the molecule is C[C@H](O)[C@H](C=O)NNC(CCCCN)C(=O)NCC(=O)NC(C=O)CS. The summed E-state index contributed by atoms with van der Waals surface area (Å²) in [5, 5.41) is 14.3. The van der Waals surface area contributed by atoms with Gasteiger partial charge in [-0.25, -0.2) is 10.9 Å². The van der Waals surface area contributed by atoms with Gasteiger partial charge in [-0.1, -0.05) is 6.42 Å². The van der Waals surface area contributed by atoms with Crippen molar-refractivity contribution in [2.45, 2.75) is 50.4 Å². The minimum absolute atomic E-state index is 0.156. The molecule has 0 aromatic rings. The molecule has 26 heavy (non-hydrogen) atoms. The third-order valence-corrected chi connectivity index (χ3v) is 3.88. The fourth-order valence-electron chi connectivity index (χ4n) is 1.90. The molecule has 0 bridgehead atoms. The van der Waals surface area contributed by atoms with E-state index in [0.29, 0.717) is 38.4 Å². The van der Waals surface area contributed by atoms with Gasteiger partial charge in [0.2, 0.25) is 11.8 Å². The third kappa shape index (κ3) is 10.5. The highest BCUT2D eigenvalue weighted by molar-refractivity contribution is 7.80. The Hall–Kier alpha value is -1.53. The van der Waals surface area contributed by atoms with Crippen molar-refractivity contribution < 1.29 is 24.3 Å². The predicted molar refractivity (Wildman–Crippen MR) is 99.4 cm³/mol. The molecule has 0 aromatic heterocycles. The Bertz CT molecular complexity index is 452. The third-order valence-electron chi connectivity index (χ3n) is 3.48. The Morgan fingerprint density at radius 2 is 1.88 bits per heavy atom. The van der Waals surface area contributed by atoms with Gasteiger partial charge in [-0.15, -0.1) is 0 Å². The number of carbonyl (C=O) groups is 4. The van der Waals surface area contributed by atoms with Gasteiger partial charge in [-0.05, 0) is 26.3 Å². The summed E-state index contributed by atoms with van der Waals surface area (Å²) in [7, 11) is 0. The van der Waals surface area contributed by atoms with Crippen LogP contribution >= 0.6 is 12.6 Å². The first-order chi connectivity index (χ1) is 12.4. The zero-order valence-corrected chi connectivity index (χ0v) is 15.7. The summed E-state index contributed by atoms with van der Waals surface area (Å²) < 4.78 is 0. The molecular weight excluding hydrogens is 362 g/mol. The first-order valence-corrected chi connectivity index (χ1v) is 9.00. The lowest BCUT2D eigenvalue weighted by atomic mass is 10.1. The van der Waals surface area contributed by atoms with Gasteiger partial charge in [0.15, 0.2) is 0 Å². The van der Waals surface area contributed by atoms with Crippen LogP contribution < -0.4 is 27.2 Å². The van der Waals surface area contributed by atoms with Gasteiger partial charge < -0.3 is 31.1 Å². The summed E-state index contributed by atoms with van der Waals surface area (Å²) in [4.78, 5) is 45.6. The molecule has 0 aliphatic heterocycles. The Morgan fingerprint density at radius 3 is 2.38 bits per heavy atom. The molecule has 0 aromatic carbocycles. The van der Waals surface area contributed by atoms with Crippen molar-refractivity contribution in [3.05, 3.63) is 0 Å². The number of aliphatic hydroxyl groups is 1. The lowest BCUT2D eigenvalue weighted by molar-refractivity contribution is -0.128. The van der Waals surface area contributed by atoms with Crippen LogP contribution in [0.1, 0.15) is 26.2 Å². The van der Waals surface area contributed by atoms with E-state index in [1.165, 1.54) is 6.92 Å². The van der Waals surface area contributed by atoms with E-state index >= 15 is 0 Å². The van der Waals surface area contributed by atoms with Crippen molar-refractivity contribution in [1.29, 1.82) is 0 Å². The predicted octanol–water partition coefficient (Wildman–Crippen LogP) is -2.74. The van der Waals surface area contributed by atoms with Crippen molar-refractivity contribution in [2.75, 3.05) is 18.8 Å². The van der Waals surface area contributed by atoms with E-state index in [1.807, 2.05) is 0 Å². The number of thiol groups is 1. The number of carbonyl (C=O) groups excluding carboxylic acids is 4. The van der Waals surface area contributed by atoms with Crippen LogP contribution in [0.3, 0.4) is 0 Å². The van der Waals surface area contributed by atoms with E-state index in [9.17, 15) is 24.3 Å². The second-order valence-electron chi connectivity index (χ2n) is 5.74. The van der Waals surface area contributed by atoms with Gasteiger partial charge >= 0.3 is 0 Å². The summed E-state index contributed by atoms with van der Waals surface area (Å²) in [5.41, 5.74) is 10.7. The Labute approximate surface area is 158 Å². The summed E-state index contributed by atoms with van der Waals surface area (Å²) in [6, 6.07) is -2.34. The average molecular weight is 391 g/mol. The van der Waals surface area contributed by atoms with Crippen LogP contribution in [0.15, 0.2) is 0 Å². The van der Waals surface area contributed by atoms with Gasteiger partial charge in [0.1, 0.15) is 18.6 Å². The largest absolute Gasteiger partial charge is 0.391 e. The first-order valence-electron chi connectivity index (χ1n) is 8.37. The fourth-order valence-corrected chi connectivity index (χ4v) is 2.08. The number of hydrogen-bond acceptors (Lipinski definition) is 9. The molecule has 10 nitrogen and oxygen atoms in total. The van der Waals surface area contributed by atoms with Crippen molar-refractivity contribution in [1.82, 2.24) is 21.5 Å². The zero-order chi connectivity index (χ0) is 19.9. The molecule has 0 rings (SSSR count). The van der Waals surface area contributed by atoms with E-state index in [-0.39, 0.29) is 12.3 Å². The molecule has 0 radical (unpaired) electrons. The molecule has 0 fully saturated rings. The van der Waals surface area contributed by atoms with Crippen LogP contribution in [-0.4, -0.2) is 72.6 Å². The number of nitrogens with one attached hydrogen (secondary N) is 4. The van der Waals surface area contributed by atoms with Crippen LogP contribution in [-0.2, 0) is 19.2 Å². The van der Waals surface area contributed by atoms with Gasteiger partial charge in [-0.2, -0.15) is 12.6 Å². The minimum atomic E-state index is -0.944. The van der Waals surface area contributed by atoms with Crippen molar-refractivity contribution in [2.24, 2.45) is 5.73 Å². The highest BCUT2D eigenvalue weighted by atomic mass is 32.1. The van der Waals surface area contributed by atoms with Crippen LogP contribution in [0.25, 0.3) is 0 Å². The van der Waals surface area contributed by atoms with Crippen LogP contribution in [0, 0.1) is 0 Å². The molecule has 150 valence electrons. The number of unbranched alkanes of at least 4 members (excludes halogenated alkanes) is 1. The van der Waals surface area contributed by atoms with Gasteiger partial charge in [0.25, 0.3) is 0 Å². The molecule has 4 atom stereocenters. The second kappa shape index (κ2) is 14.6. The molecular formula is C15H29N5O5S. The van der Waals surface area contributed by atoms with E-state index in [4.69, 9.17) is 5.73 Å². The molecule has 0 spiro atoms. The van der Waals surface area contributed by atoms with Crippen LogP contribution in [0.5, 0.6) is 0 Å². The Kier molecular flexibility index (Phi) is 13.8. The standard InChI is InChI=1S/C15H29N5O5S/c1-10(23)13(8-22)20-19-12(4-2-3-5-16)15(25)17-6-14(24)18-11(7-21)9-26/h7-8,10-13,19-20,23,26H,2-6,9,16H2,1H3,(H,17,25)(H,18,24)/t10-,11?,12?,13-/m0/s1. The molecule has 7 N–H and O–H groups in total. The molecule has 0 saturated carbocycles. The van der Waals surface area contributed by atoms with Gasteiger partial charge in [-0.3, -0.25) is 9.59 Å². The Morgan fingerprint density at radius 1 is 1.19 bits per heavy atom. The first kappa shape index (κ1) is 24.5. The summed E-state index contributed by atoms with van der Waals surface area (Å²) >= 11 is 3.92. The summed E-state index contributed by atoms with van der Waals surface area (Å²) in [6.45, 7) is 1.61. The Balaban J connectivity index is 4.60. The number of hydrogen-bond donors (Lipinski definition) is 7. The number of hydrazine groups is 1. The number of aliphatic hydroxyl groups excluding tert-OH is 1. The monoisotopic (exact) mass is 391 g/mol. The molecule has 0 saturated heterocycles. The lowest BCUT2D eigenvalue weighted by Crippen LogP contribution is -2.56. The zero-order valence-electron chi connectivity index (χ0n) is 14.8. The molecule has 0 aliphatic carbocycles. The van der Waals surface area contributed by atoms with E-state index in [1.54, 1.807) is 0 Å². The highest BCUT2D eigenvalue weighted by Crippen LogP contribution is 2.01. The maximum absolute atomic E-state index is 12.3. The lowest BCUT2D eigenvalue weighted by Gasteiger charge is -2.22. The topological polar surface area (TPSA) is 163 Å². The molecule has 2 unspecified atom stereocenters. The summed E-state index contributed by atoms with van der Waals surface area (Å²) in [6.07, 6.45) is 1.92. The highest BCUT2D eigenvalue weighted by Gasteiger charge is 2.21. The quantitative estimate of drug-likeness (QED) is 0.0684. The van der Waals surface area contributed by atoms with Crippen molar-refractivity contribution in [3.63, 3.8) is 0 Å². The molecule has 0 aliphatic rings. The number of rotatable bonds is 15. The minimum Gasteiger partial charge on any atom is -0.391 e. The molecule has 11 heteroatoms. The van der Waals surface area contributed by atoms with E-state index in [0.717, 1.165) is 0 Å². The second-order valence-corrected chi connectivity index (χ2v) is 6.10. The van der Waals surface area contributed by atoms with Crippen LogP contribution in [0.2, 0.25) is 0 Å². The molecule has 2 amide bonds. The number of nitrogens with two attached hydrogens (primary N) is 1. The van der Waals surface area contributed by atoms with Gasteiger partial charge in [0, 0.05) is 5.75 Å². The fraction of sp³-hybridized carbons (Fsp3) is 0.733. The maximum Gasteiger partial charge on any atom is 0.239 e. The summed E-state index contributed by atoms with van der Waals surface area (Å²) in [5.74, 6) is -0.829. The smallest absolute Gasteiger partial charge is 0.239 e. The van der Waals surface area contributed by atoms with Gasteiger partial charge in [0.05, 0.1) is 24.7 Å². The van der Waals surface area contributed by atoms with E-state index < -0.39 is 36.0 Å². The van der Waals surface area contributed by atoms with Crippen molar-refractivity contribution >= 4 is 37.0 Å².